The quantitative estimate of drug-likeness (QED) is 0.807. The van der Waals surface area contributed by atoms with E-state index in [1.807, 2.05) is 6.92 Å². The topological polar surface area (TPSA) is 38.1 Å². The molecule has 2 saturated carbocycles. The molecule has 0 spiro atoms. The molecule has 1 atom stereocenters. The lowest BCUT2D eigenvalue weighted by atomic mass is 9.93. The number of aryl methyl sites for hydroxylation is 2. The van der Waals surface area contributed by atoms with Crippen molar-refractivity contribution in [2.75, 3.05) is 6.54 Å². The van der Waals surface area contributed by atoms with Gasteiger partial charge in [-0.1, -0.05) is 0 Å². The molecule has 4 rings (SSSR count). The predicted molar refractivity (Wildman–Crippen MR) is 90.0 cm³/mol. The van der Waals surface area contributed by atoms with E-state index in [2.05, 4.69) is 27.7 Å². The van der Waals surface area contributed by atoms with Gasteiger partial charge >= 0.3 is 0 Å². The van der Waals surface area contributed by atoms with Crippen LogP contribution in [0.2, 0.25) is 0 Å². The van der Waals surface area contributed by atoms with Crippen LogP contribution in [0.4, 0.5) is 0 Å². The van der Waals surface area contributed by atoms with Gasteiger partial charge in [0, 0.05) is 18.7 Å². The van der Waals surface area contributed by atoms with Crippen LogP contribution >= 0.6 is 0 Å². The number of nitrogens with zero attached hydrogens (tertiary/aromatic N) is 3. The van der Waals surface area contributed by atoms with Gasteiger partial charge in [-0.25, -0.2) is 0 Å². The van der Waals surface area contributed by atoms with Crippen LogP contribution in [0.15, 0.2) is 6.07 Å². The summed E-state index contributed by atoms with van der Waals surface area (Å²) in [7, 11) is 0. The van der Waals surface area contributed by atoms with E-state index in [1.165, 1.54) is 31.4 Å². The zero-order chi connectivity index (χ0) is 16.0. The van der Waals surface area contributed by atoms with Crippen molar-refractivity contribution in [3.63, 3.8) is 0 Å². The summed E-state index contributed by atoms with van der Waals surface area (Å²) in [6.45, 7) is 5.96. The minimum atomic E-state index is 0.347. The van der Waals surface area contributed by atoms with Crippen LogP contribution in [-0.4, -0.2) is 33.2 Å². The molecule has 126 valence electrons. The lowest BCUT2D eigenvalue weighted by Crippen LogP contribution is -2.39. The smallest absolute Gasteiger partial charge is 0.223 e. The summed E-state index contributed by atoms with van der Waals surface area (Å²) in [6, 6.07) is 2.47. The molecule has 4 nitrogen and oxygen atoms in total. The Kier molecular flexibility index (Phi) is 3.94. The Morgan fingerprint density at radius 2 is 1.91 bits per heavy atom. The van der Waals surface area contributed by atoms with Crippen molar-refractivity contribution in [1.82, 2.24) is 14.7 Å². The van der Waals surface area contributed by atoms with Crippen LogP contribution in [0.3, 0.4) is 0 Å². The van der Waals surface area contributed by atoms with Gasteiger partial charge in [0.15, 0.2) is 0 Å². The second-order valence-corrected chi connectivity index (χ2v) is 8.04. The van der Waals surface area contributed by atoms with Gasteiger partial charge in [0.25, 0.3) is 0 Å². The Morgan fingerprint density at radius 1 is 1.22 bits per heavy atom. The van der Waals surface area contributed by atoms with E-state index >= 15 is 0 Å². The number of hydrogen-bond acceptors (Lipinski definition) is 2. The van der Waals surface area contributed by atoms with Crippen LogP contribution in [0.5, 0.6) is 0 Å². The second kappa shape index (κ2) is 5.95. The molecule has 3 aliphatic rings. The van der Waals surface area contributed by atoms with Gasteiger partial charge in [-0.05, 0) is 76.2 Å². The average molecular weight is 315 g/mol. The maximum atomic E-state index is 12.9. The Morgan fingerprint density at radius 3 is 2.48 bits per heavy atom. The van der Waals surface area contributed by atoms with Gasteiger partial charge in [0.2, 0.25) is 5.91 Å². The predicted octanol–water partition coefficient (Wildman–Crippen LogP) is 3.32. The van der Waals surface area contributed by atoms with Crippen molar-refractivity contribution in [3.05, 3.63) is 17.5 Å². The fraction of sp³-hybridized carbons (Fsp3) is 0.789. The summed E-state index contributed by atoms with van der Waals surface area (Å²) in [5.41, 5.74) is 2.27. The van der Waals surface area contributed by atoms with Gasteiger partial charge in [0.1, 0.15) is 0 Å². The number of amides is 1. The fourth-order valence-corrected chi connectivity index (χ4v) is 4.50. The number of rotatable bonds is 6. The highest BCUT2D eigenvalue weighted by atomic mass is 16.2. The van der Waals surface area contributed by atoms with Gasteiger partial charge < -0.3 is 4.90 Å². The Balaban J connectivity index is 1.40. The molecule has 1 amide bonds. The first-order valence-electron chi connectivity index (χ1n) is 9.42. The van der Waals surface area contributed by atoms with Crippen LogP contribution in [0.1, 0.15) is 56.3 Å². The molecule has 0 radical (unpaired) electrons. The normalized spacial score (nSPS) is 24.7. The standard InChI is InChI=1S/C19H29N3O/c1-13-10-14(2)22(20-13)12-17-4-3-9-21(17)19(23)11-18(15-5-6-15)16-7-8-16/h10,15-18H,3-9,11-12H2,1-2H3/t17-/m0/s1. The Bertz CT molecular complexity index is 573. The number of hydrogen-bond donors (Lipinski definition) is 0. The number of likely N-dealkylation sites (tertiary alicyclic amines) is 1. The highest BCUT2D eigenvalue weighted by Crippen LogP contribution is 2.51. The summed E-state index contributed by atoms with van der Waals surface area (Å²) in [5, 5.41) is 4.58. The molecule has 1 aromatic heterocycles. The summed E-state index contributed by atoms with van der Waals surface area (Å²) in [6.07, 6.45) is 8.54. The molecular weight excluding hydrogens is 286 g/mol. The summed E-state index contributed by atoms with van der Waals surface area (Å²) in [4.78, 5) is 15.1. The van der Waals surface area contributed by atoms with Crippen molar-refractivity contribution in [2.24, 2.45) is 17.8 Å². The van der Waals surface area contributed by atoms with Crippen LogP contribution in [0, 0.1) is 31.6 Å². The zero-order valence-electron chi connectivity index (χ0n) is 14.5. The average Bonchev–Trinajstić information content (AvgIpc) is 3.42. The third-order valence-corrected chi connectivity index (χ3v) is 6.05. The van der Waals surface area contributed by atoms with Crippen molar-refractivity contribution in [1.29, 1.82) is 0 Å². The first kappa shape index (κ1) is 15.2. The van der Waals surface area contributed by atoms with Crippen LogP contribution in [-0.2, 0) is 11.3 Å². The maximum absolute atomic E-state index is 12.9. The van der Waals surface area contributed by atoms with E-state index < -0.39 is 0 Å². The van der Waals surface area contributed by atoms with E-state index in [0.717, 1.165) is 49.9 Å². The molecule has 23 heavy (non-hydrogen) atoms. The molecule has 1 aromatic rings. The molecule has 0 aromatic carbocycles. The molecule has 2 aliphatic carbocycles. The molecule has 4 heteroatoms. The summed E-state index contributed by atoms with van der Waals surface area (Å²) >= 11 is 0. The van der Waals surface area contributed by atoms with Gasteiger partial charge in [-0.2, -0.15) is 5.10 Å². The van der Waals surface area contributed by atoms with Crippen molar-refractivity contribution >= 4 is 5.91 Å². The molecule has 3 fully saturated rings. The van der Waals surface area contributed by atoms with Crippen molar-refractivity contribution < 1.29 is 4.79 Å². The lowest BCUT2D eigenvalue weighted by molar-refractivity contribution is -0.133. The van der Waals surface area contributed by atoms with E-state index in [-0.39, 0.29) is 0 Å². The molecular formula is C19H29N3O. The highest BCUT2D eigenvalue weighted by Gasteiger charge is 2.43. The highest BCUT2D eigenvalue weighted by molar-refractivity contribution is 5.77. The molecule has 1 saturated heterocycles. The molecule has 1 aliphatic heterocycles. The molecule has 0 bridgehead atoms. The van der Waals surface area contributed by atoms with Gasteiger partial charge in [0.05, 0.1) is 18.3 Å². The zero-order valence-corrected chi connectivity index (χ0v) is 14.5. The summed E-state index contributed by atoms with van der Waals surface area (Å²) in [5.74, 6) is 2.84. The second-order valence-electron chi connectivity index (χ2n) is 8.04. The Labute approximate surface area is 139 Å². The summed E-state index contributed by atoms with van der Waals surface area (Å²) < 4.78 is 2.09. The Hall–Kier alpha value is -1.32. The van der Waals surface area contributed by atoms with E-state index in [1.54, 1.807) is 0 Å². The molecule has 2 heterocycles. The number of carbonyl (C=O) groups is 1. The molecule has 0 N–H and O–H groups in total. The van der Waals surface area contributed by atoms with E-state index in [9.17, 15) is 4.79 Å². The number of aromatic nitrogens is 2. The largest absolute Gasteiger partial charge is 0.338 e. The maximum Gasteiger partial charge on any atom is 0.223 e. The van der Waals surface area contributed by atoms with E-state index in [4.69, 9.17) is 0 Å². The monoisotopic (exact) mass is 315 g/mol. The third-order valence-electron chi connectivity index (χ3n) is 6.05. The fourth-order valence-electron chi connectivity index (χ4n) is 4.50. The number of carbonyl (C=O) groups excluding carboxylic acids is 1. The van der Waals surface area contributed by atoms with Crippen molar-refractivity contribution in [2.45, 2.75) is 71.4 Å². The van der Waals surface area contributed by atoms with Crippen LogP contribution < -0.4 is 0 Å². The van der Waals surface area contributed by atoms with Crippen LogP contribution in [0.25, 0.3) is 0 Å². The van der Waals surface area contributed by atoms with Gasteiger partial charge in [-0.15, -0.1) is 0 Å². The minimum Gasteiger partial charge on any atom is -0.338 e. The first-order chi connectivity index (χ1) is 11.1. The SMILES string of the molecule is Cc1cc(C)n(C[C@@H]2CCCN2C(=O)CC(C2CC2)C2CC2)n1. The van der Waals surface area contributed by atoms with Gasteiger partial charge in [-0.3, -0.25) is 9.48 Å². The third kappa shape index (κ3) is 3.31. The lowest BCUT2D eigenvalue weighted by Gasteiger charge is -2.27. The molecule has 0 unspecified atom stereocenters. The minimum absolute atomic E-state index is 0.347. The van der Waals surface area contributed by atoms with E-state index in [0.29, 0.717) is 17.9 Å². The van der Waals surface area contributed by atoms with Crippen molar-refractivity contribution in [3.8, 4) is 0 Å². The first-order valence-corrected chi connectivity index (χ1v) is 9.42.